The maximum Gasteiger partial charge on any atom is 0.335 e. The number of para-hydroxylation sites is 1. The Labute approximate surface area is 243 Å². The molecule has 0 bridgehead atoms. The highest BCUT2D eigenvalue weighted by atomic mass is 35.5. The number of carboxylic acid groups (broad SMARTS) is 1. The molecule has 0 amide bonds. The van der Waals surface area contributed by atoms with E-state index < -0.39 is 5.97 Å². The van der Waals surface area contributed by atoms with Gasteiger partial charge in [0.25, 0.3) is 0 Å². The molecule has 9 heteroatoms. The maximum atomic E-state index is 11.5. The third-order valence-corrected chi connectivity index (χ3v) is 7.39. The lowest BCUT2D eigenvalue weighted by molar-refractivity contribution is 0.0695. The molecule has 0 spiro atoms. The van der Waals surface area contributed by atoms with Crippen LogP contribution in [0.3, 0.4) is 0 Å². The smallest absolute Gasteiger partial charge is 0.335 e. The molecular formula is C30H30Cl3N3O3. The molecule has 0 fully saturated rings. The first-order valence-electron chi connectivity index (χ1n) is 12.6. The number of rotatable bonds is 11. The molecule has 6 nitrogen and oxygen atoms in total. The second-order valence-corrected chi connectivity index (χ2v) is 10.8. The molecule has 204 valence electrons. The summed E-state index contributed by atoms with van der Waals surface area (Å²) in [6.45, 7) is 7.82. The summed E-state index contributed by atoms with van der Waals surface area (Å²) in [5.74, 6) is 0.0351. The Morgan fingerprint density at radius 3 is 2.46 bits per heavy atom. The van der Waals surface area contributed by atoms with Gasteiger partial charge >= 0.3 is 5.97 Å². The molecule has 1 heterocycles. The largest absolute Gasteiger partial charge is 0.487 e. The number of nitrogens with zero attached hydrogens (tertiary/aromatic N) is 2. The monoisotopic (exact) mass is 585 g/mol. The highest BCUT2D eigenvalue weighted by molar-refractivity contribution is 6.37. The summed E-state index contributed by atoms with van der Waals surface area (Å²) in [6.07, 6.45) is 2.40. The quantitative estimate of drug-likeness (QED) is 0.175. The number of benzene rings is 3. The molecular weight excluding hydrogens is 557 g/mol. The van der Waals surface area contributed by atoms with Crippen LogP contribution < -0.4 is 10.1 Å². The summed E-state index contributed by atoms with van der Waals surface area (Å²) >= 11 is 19.0. The van der Waals surface area contributed by atoms with Gasteiger partial charge in [0.2, 0.25) is 0 Å². The SMILES string of the molecule is Cc1cc(OCc2c(C(C)C)cnn2-c2c(Cl)cccc2Cl)ccc1CNCCc1cc(Cl)ccc1C(=O)O. The summed E-state index contributed by atoms with van der Waals surface area (Å²) in [7, 11) is 0. The molecule has 0 atom stereocenters. The third kappa shape index (κ3) is 6.95. The minimum Gasteiger partial charge on any atom is -0.487 e. The Hall–Kier alpha value is -3.03. The lowest BCUT2D eigenvalue weighted by Crippen LogP contribution is -2.18. The van der Waals surface area contributed by atoms with E-state index in [1.54, 1.807) is 41.1 Å². The first-order chi connectivity index (χ1) is 18.7. The van der Waals surface area contributed by atoms with Gasteiger partial charge in [-0.3, -0.25) is 0 Å². The van der Waals surface area contributed by atoms with Crippen molar-refractivity contribution in [3.63, 3.8) is 0 Å². The normalized spacial score (nSPS) is 11.3. The number of hydrogen-bond donors (Lipinski definition) is 2. The number of halogens is 3. The van der Waals surface area contributed by atoms with Gasteiger partial charge in [0.15, 0.2) is 0 Å². The van der Waals surface area contributed by atoms with E-state index >= 15 is 0 Å². The number of aromatic nitrogens is 2. The minimum atomic E-state index is -0.952. The summed E-state index contributed by atoms with van der Waals surface area (Å²) in [4.78, 5) is 11.5. The molecule has 0 radical (unpaired) electrons. The van der Waals surface area contributed by atoms with Crippen LogP contribution in [-0.2, 0) is 19.6 Å². The van der Waals surface area contributed by atoms with Gasteiger partial charge in [0.1, 0.15) is 18.0 Å². The van der Waals surface area contributed by atoms with Gasteiger partial charge < -0.3 is 15.2 Å². The van der Waals surface area contributed by atoms with Crippen LogP contribution in [0.2, 0.25) is 15.1 Å². The zero-order valence-corrected chi connectivity index (χ0v) is 24.2. The number of nitrogens with one attached hydrogen (secondary N) is 1. The number of aromatic carboxylic acids is 1. The fourth-order valence-electron chi connectivity index (χ4n) is 4.43. The van der Waals surface area contributed by atoms with Crippen LogP contribution >= 0.6 is 34.8 Å². The highest BCUT2D eigenvalue weighted by Crippen LogP contribution is 2.32. The fourth-order valence-corrected chi connectivity index (χ4v) is 5.18. The zero-order chi connectivity index (χ0) is 28.1. The van der Waals surface area contributed by atoms with Gasteiger partial charge in [0.05, 0.1) is 27.5 Å². The average Bonchev–Trinajstić information content (AvgIpc) is 3.30. The van der Waals surface area contributed by atoms with Gasteiger partial charge in [-0.1, -0.05) is 60.8 Å². The molecule has 0 unspecified atom stereocenters. The number of carboxylic acids is 1. The topological polar surface area (TPSA) is 76.4 Å². The van der Waals surface area contributed by atoms with Crippen molar-refractivity contribution in [2.75, 3.05) is 6.54 Å². The van der Waals surface area contributed by atoms with Crippen molar-refractivity contribution in [2.45, 2.75) is 46.3 Å². The Bertz CT molecular complexity index is 1460. The molecule has 4 rings (SSSR count). The molecule has 0 aliphatic heterocycles. The van der Waals surface area contributed by atoms with Crippen molar-refractivity contribution in [3.05, 3.63) is 109 Å². The second kappa shape index (κ2) is 12.9. The molecule has 0 aliphatic rings. The highest BCUT2D eigenvalue weighted by Gasteiger charge is 2.19. The molecule has 4 aromatic rings. The number of carbonyl (C=O) groups is 1. The van der Waals surface area contributed by atoms with E-state index in [0.29, 0.717) is 52.4 Å². The van der Waals surface area contributed by atoms with Crippen molar-refractivity contribution >= 4 is 40.8 Å². The summed E-state index contributed by atoms with van der Waals surface area (Å²) in [6, 6.07) is 16.2. The van der Waals surface area contributed by atoms with Crippen molar-refractivity contribution in [1.82, 2.24) is 15.1 Å². The van der Waals surface area contributed by atoms with Gasteiger partial charge in [-0.15, -0.1) is 0 Å². The number of hydrogen-bond acceptors (Lipinski definition) is 4. The Morgan fingerprint density at radius 1 is 1.05 bits per heavy atom. The lowest BCUT2D eigenvalue weighted by Gasteiger charge is -2.16. The standard InChI is InChI=1S/C30H30Cl3N3O3/c1-18(2)25-16-35-36(29-26(32)5-4-6-27(29)33)28(25)17-39-23-9-7-21(19(3)13-23)15-34-12-11-20-14-22(31)8-10-24(20)30(37)38/h4-10,13-14,16,18,34H,11-12,15,17H2,1-3H3,(H,37,38). The Kier molecular flexibility index (Phi) is 9.57. The van der Waals surface area contributed by atoms with Crippen LogP contribution in [0, 0.1) is 6.92 Å². The van der Waals surface area contributed by atoms with Crippen LogP contribution in [-0.4, -0.2) is 27.4 Å². The average molecular weight is 587 g/mol. The molecule has 1 aromatic heterocycles. The van der Waals surface area contributed by atoms with Crippen molar-refractivity contribution in [3.8, 4) is 11.4 Å². The van der Waals surface area contributed by atoms with E-state index in [0.717, 1.165) is 28.1 Å². The summed E-state index contributed by atoms with van der Waals surface area (Å²) in [5.41, 5.74) is 5.79. The van der Waals surface area contributed by atoms with Crippen LogP contribution in [0.25, 0.3) is 5.69 Å². The van der Waals surface area contributed by atoms with E-state index in [9.17, 15) is 9.90 Å². The Morgan fingerprint density at radius 2 is 1.79 bits per heavy atom. The predicted octanol–water partition coefficient (Wildman–Crippen LogP) is 7.87. The first kappa shape index (κ1) is 29.0. The van der Waals surface area contributed by atoms with E-state index in [1.807, 2.05) is 31.3 Å². The Balaban J connectivity index is 1.41. The molecule has 0 saturated heterocycles. The van der Waals surface area contributed by atoms with E-state index in [4.69, 9.17) is 39.5 Å². The molecule has 0 saturated carbocycles. The van der Waals surface area contributed by atoms with Crippen molar-refractivity contribution in [2.24, 2.45) is 0 Å². The number of aryl methyl sites for hydroxylation is 1. The lowest BCUT2D eigenvalue weighted by atomic mass is 10.0. The fraction of sp³-hybridized carbons (Fsp3) is 0.267. The zero-order valence-electron chi connectivity index (χ0n) is 22.0. The molecule has 39 heavy (non-hydrogen) atoms. The number of ether oxygens (including phenoxy) is 1. The van der Waals surface area contributed by atoms with Crippen LogP contribution in [0.5, 0.6) is 5.75 Å². The van der Waals surface area contributed by atoms with Crippen molar-refractivity contribution in [1.29, 1.82) is 0 Å². The maximum absolute atomic E-state index is 11.5. The third-order valence-electron chi connectivity index (χ3n) is 6.55. The minimum absolute atomic E-state index is 0.243. The molecule has 2 N–H and O–H groups in total. The van der Waals surface area contributed by atoms with Gasteiger partial charge in [-0.05, 0) is 90.5 Å². The predicted molar refractivity (Wildman–Crippen MR) is 157 cm³/mol. The van der Waals surface area contributed by atoms with E-state index in [1.165, 1.54) is 0 Å². The van der Waals surface area contributed by atoms with Gasteiger partial charge in [-0.2, -0.15) is 5.10 Å². The summed E-state index contributed by atoms with van der Waals surface area (Å²) < 4.78 is 7.98. The molecule has 3 aromatic carbocycles. The van der Waals surface area contributed by atoms with Crippen LogP contribution in [0.1, 0.15) is 58.1 Å². The molecule has 0 aliphatic carbocycles. The van der Waals surface area contributed by atoms with Gasteiger partial charge in [0, 0.05) is 11.6 Å². The van der Waals surface area contributed by atoms with Crippen LogP contribution in [0.4, 0.5) is 0 Å². The van der Waals surface area contributed by atoms with Crippen molar-refractivity contribution < 1.29 is 14.6 Å². The van der Waals surface area contributed by atoms with Crippen LogP contribution in [0.15, 0.2) is 60.8 Å². The first-order valence-corrected chi connectivity index (χ1v) is 13.7. The van der Waals surface area contributed by atoms with E-state index in [-0.39, 0.29) is 11.5 Å². The second-order valence-electron chi connectivity index (χ2n) is 9.59. The summed E-state index contributed by atoms with van der Waals surface area (Å²) in [5, 5.41) is 18.9. The van der Waals surface area contributed by atoms with Gasteiger partial charge in [-0.25, -0.2) is 9.48 Å². The van der Waals surface area contributed by atoms with E-state index in [2.05, 4.69) is 24.3 Å².